The molecule has 0 saturated carbocycles. The zero-order valence-corrected chi connectivity index (χ0v) is 16.2. The first kappa shape index (κ1) is 22.3. The van der Waals surface area contributed by atoms with E-state index in [0.29, 0.717) is 11.4 Å². The number of benzene rings is 2. The van der Waals surface area contributed by atoms with Gasteiger partial charge in [-0.1, -0.05) is 45.9 Å². The Bertz CT molecular complexity index is 758. The highest BCUT2D eigenvalue weighted by atomic mass is 33.1. The van der Waals surface area contributed by atoms with E-state index in [1.165, 1.54) is 45.9 Å². The molecule has 2 rings (SSSR count). The molecular formula is C16H18B2N2O6S2. The standard InChI is InChI=1S/C16H18B2N2O6S2/c21-15(19-13-5-1-3-11(7-13)17(23)24)9-27-28-10-16(22)20-14-6-2-4-12(8-14)18(25)26/h1-8,23-26H,9-10H2,(H,19,21)(H,20,22). The van der Waals surface area contributed by atoms with Gasteiger partial charge in [0.15, 0.2) is 0 Å². The van der Waals surface area contributed by atoms with Crippen LogP contribution in [0.3, 0.4) is 0 Å². The van der Waals surface area contributed by atoms with E-state index in [1.54, 1.807) is 24.3 Å². The minimum atomic E-state index is -1.61. The number of carbonyl (C=O) groups excluding carboxylic acids is 2. The zero-order valence-electron chi connectivity index (χ0n) is 14.6. The van der Waals surface area contributed by atoms with E-state index in [4.69, 9.17) is 20.1 Å². The number of nitrogens with one attached hydrogen (secondary N) is 2. The highest BCUT2D eigenvalue weighted by molar-refractivity contribution is 8.77. The maximum absolute atomic E-state index is 11.9. The predicted molar refractivity (Wildman–Crippen MR) is 115 cm³/mol. The molecule has 6 N–H and O–H groups in total. The van der Waals surface area contributed by atoms with Gasteiger partial charge in [-0.15, -0.1) is 0 Å². The fourth-order valence-corrected chi connectivity index (χ4v) is 3.81. The molecule has 2 aromatic rings. The Morgan fingerprint density at radius 3 is 1.50 bits per heavy atom. The minimum Gasteiger partial charge on any atom is -0.423 e. The molecule has 0 saturated heterocycles. The summed E-state index contributed by atoms with van der Waals surface area (Å²) >= 11 is 0. The highest BCUT2D eigenvalue weighted by Crippen LogP contribution is 2.21. The van der Waals surface area contributed by atoms with Crippen molar-refractivity contribution in [2.75, 3.05) is 22.1 Å². The number of hydrogen-bond acceptors (Lipinski definition) is 8. The van der Waals surface area contributed by atoms with Crippen molar-refractivity contribution in [1.29, 1.82) is 0 Å². The van der Waals surface area contributed by atoms with E-state index in [0.717, 1.165) is 0 Å². The lowest BCUT2D eigenvalue weighted by Gasteiger charge is -2.08. The Labute approximate surface area is 170 Å². The van der Waals surface area contributed by atoms with Crippen LogP contribution in [0.4, 0.5) is 11.4 Å². The van der Waals surface area contributed by atoms with Gasteiger partial charge in [0, 0.05) is 11.4 Å². The summed E-state index contributed by atoms with van der Waals surface area (Å²) in [6.07, 6.45) is 0. The third kappa shape index (κ3) is 7.58. The summed E-state index contributed by atoms with van der Waals surface area (Å²) in [4.78, 5) is 23.8. The summed E-state index contributed by atoms with van der Waals surface area (Å²) < 4.78 is 0. The Hall–Kier alpha value is -1.95. The Kier molecular flexibility index (Phi) is 8.90. The molecule has 28 heavy (non-hydrogen) atoms. The molecule has 0 heterocycles. The second kappa shape index (κ2) is 11.1. The Balaban J connectivity index is 1.70. The lowest BCUT2D eigenvalue weighted by Crippen LogP contribution is -2.30. The lowest BCUT2D eigenvalue weighted by molar-refractivity contribution is -0.114. The molecule has 2 amide bonds. The second-order valence-corrected chi connectivity index (χ2v) is 8.08. The van der Waals surface area contributed by atoms with Gasteiger partial charge in [-0.2, -0.15) is 0 Å². The topological polar surface area (TPSA) is 139 Å². The van der Waals surface area contributed by atoms with Gasteiger partial charge in [-0.05, 0) is 35.2 Å². The molecule has 0 aliphatic carbocycles. The van der Waals surface area contributed by atoms with Crippen molar-refractivity contribution < 1.29 is 29.7 Å². The van der Waals surface area contributed by atoms with Gasteiger partial charge in [-0.3, -0.25) is 9.59 Å². The monoisotopic (exact) mass is 420 g/mol. The first-order valence-corrected chi connectivity index (χ1v) is 10.6. The third-order valence-electron chi connectivity index (χ3n) is 3.40. The molecule has 2 aromatic carbocycles. The molecule has 146 valence electrons. The fraction of sp³-hybridized carbons (Fsp3) is 0.125. The maximum atomic E-state index is 11.9. The van der Waals surface area contributed by atoms with Crippen LogP contribution in [0.2, 0.25) is 0 Å². The molecule has 0 bridgehead atoms. The van der Waals surface area contributed by atoms with Crippen LogP contribution in [0, 0.1) is 0 Å². The van der Waals surface area contributed by atoms with E-state index in [-0.39, 0.29) is 34.2 Å². The summed E-state index contributed by atoms with van der Waals surface area (Å²) in [7, 11) is -0.813. The maximum Gasteiger partial charge on any atom is 0.488 e. The van der Waals surface area contributed by atoms with Crippen LogP contribution < -0.4 is 21.6 Å². The van der Waals surface area contributed by atoms with E-state index in [2.05, 4.69) is 10.6 Å². The van der Waals surface area contributed by atoms with E-state index >= 15 is 0 Å². The second-order valence-electron chi connectivity index (χ2n) is 5.62. The lowest BCUT2D eigenvalue weighted by atomic mass is 9.80. The van der Waals surface area contributed by atoms with Crippen LogP contribution in [0.1, 0.15) is 0 Å². The number of carbonyl (C=O) groups is 2. The largest absolute Gasteiger partial charge is 0.488 e. The van der Waals surface area contributed by atoms with Gasteiger partial charge < -0.3 is 30.7 Å². The summed E-state index contributed by atoms with van der Waals surface area (Å²) in [5.74, 6) is -0.356. The molecule has 0 aromatic heterocycles. The molecule has 0 atom stereocenters. The minimum absolute atomic E-state index is 0.107. The van der Waals surface area contributed by atoms with Crippen LogP contribution in [-0.2, 0) is 9.59 Å². The van der Waals surface area contributed by atoms with Crippen molar-refractivity contribution in [2.45, 2.75) is 0 Å². The predicted octanol–water partition coefficient (Wildman–Crippen LogP) is -0.995. The molecule has 0 unspecified atom stereocenters. The van der Waals surface area contributed by atoms with Crippen molar-refractivity contribution in [2.24, 2.45) is 0 Å². The molecule has 0 aliphatic heterocycles. The van der Waals surface area contributed by atoms with Crippen LogP contribution in [0.5, 0.6) is 0 Å². The number of rotatable bonds is 9. The van der Waals surface area contributed by atoms with Crippen LogP contribution in [0.25, 0.3) is 0 Å². The quantitative estimate of drug-likeness (QED) is 0.173. The third-order valence-corrected chi connectivity index (χ3v) is 5.53. The normalized spacial score (nSPS) is 10.3. The average Bonchev–Trinajstić information content (AvgIpc) is 2.65. The average molecular weight is 420 g/mol. The van der Waals surface area contributed by atoms with Gasteiger partial charge in [0.2, 0.25) is 11.8 Å². The van der Waals surface area contributed by atoms with E-state index in [9.17, 15) is 9.59 Å². The molecule has 8 nitrogen and oxygen atoms in total. The van der Waals surface area contributed by atoms with Gasteiger partial charge in [0.05, 0.1) is 11.5 Å². The van der Waals surface area contributed by atoms with E-state index in [1.807, 2.05) is 0 Å². The smallest absolute Gasteiger partial charge is 0.423 e. The number of amides is 2. The Morgan fingerprint density at radius 2 is 1.14 bits per heavy atom. The van der Waals surface area contributed by atoms with Crippen molar-refractivity contribution in [3.8, 4) is 0 Å². The SMILES string of the molecule is O=C(CSSCC(=O)Nc1cccc(B(O)O)c1)Nc1cccc(B(O)O)c1. The van der Waals surface area contributed by atoms with Crippen molar-refractivity contribution in [3.63, 3.8) is 0 Å². The summed E-state index contributed by atoms with van der Waals surface area (Å²) in [5, 5.41) is 41.8. The van der Waals surface area contributed by atoms with Crippen molar-refractivity contribution in [3.05, 3.63) is 48.5 Å². The Morgan fingerprint density at radius 1 is 0.750 bits per heavy atom. The van der Waals surface area contributed by atoms with Crippen LogP contribution in [-0.4, -0.2) is 57.7 Å². The van der Waals surface area contributed by atoms with Crippen molar-refractivity contribution >= 4 is 69.9 Å². The van der Waals surface area contributed by atoms with E-state index < -0.39 is 14.2 Å². The molecule has 0 radical (unpaired) electrons. The molecule has 0 aliphatic rings. The van der Waals surface area contributed by atoms with Gasteiger partial charge >= 0.3 is 14.2 Å². The van der Waals surface area contributed by atoms with Crippen LogP contribution in [0.15, 0.2) is 48.5 Å². The number of anilines is 2. The number of hydrogen-bond donors (Lipinski definition) is 6. The molecule has 12 heteroatoms. The van der Waals surface area contributed by atoms with Crippen molar-refractivity contribution in [1.82, 2.24) is 0 Å². The highest BCUT2D eigenvalue weighted by Gasteiger charge is 2.13. The molecule has 0 fully saturated rings. The first-order valence-electron chi connectivity index (χ1n) is 8.11. The summed E-state index contributed by atoms with van der Waals surface area (Å²) in [6.45, 7) is 0. The van der Waals surface area contributed by atoms with Gasteiger partial charge in [-0.25, -0.2) is 0 Å². The summed E-state index contributed by atoms with van der Waals surface area (Å²) in [6, 6.07) is 12.4. The fourth-order valence-electron chi connectivity index (χ4n) is 2.14. The van der Waals surface area contributed by atoms with Crippen LogP contribution >= 0.6 is 21.6 Å². The summed E-state index contributed by atoms with van der Waals surface area (Å²) in [5.41, 5.74) is 1.44. The first-order chi connectivity index (χ1) is 13.3. The molecular weight excluding hydrogens is 402 g/mol. The van der Waals surface area contributed by atoms with Gasteiger partial charge in [0.25, 0.3) is 0 Å². The van der Waals surface area contributed by atoms with Gasteiger partial charge in [0.1, 0.15) is 0 Å². The zero-order chi connectivity index (χ0) is 20.5. The molecule has 0 spiro atoms.